The molecule has 1 saturated heterocycles. The van der Waals surface area contributed by atoms with Crippen LogP contribution in [-0.2, 0) is 23.9 Å². The first-order chi connectivity index (χ1) is 10.6. The highest BCUT2D eigenvalue weighted by Gasteiger charge is 2.33. The molecule has 0 radical (unpaired) electrons. The topological polar surface area (TPSA) is 97.0 Å². The van der Waals surface area contributed by atoms with Crippen LogP contribution in [0.25, 0.3) is 0 Å². The number of carbonyl (C=O) groups excluding carboxylic acids is 3. The van der Waals surface area contributed by atoms with E-state index in [2.05, 4.69) is 10.6 Å². The second-order valence-corrected chi connectivity index (χ2v) is 5.04. The van der Waals surface area contributed by atoms with Crippen LogP contribution in [0.3, 0.4) is 0 Å². The Bertz CT molecular complexity index is 389. The first-order valence-corrected chi connectivity index (χ1v) is 7.51. The number of nitrogens with one attached hydrogen (secondary N) is 2. The van der Waals surface area contributed by atoms with Gasteiger partial charge in [-0.3, -0.25) is 19.3 Å². The van der Waals surface area contributed by atoms with Crippen molar-refractivity contribution in [3.63, 3.8) is 0 Å². The molecule has 2 amide bonds. The zero-order chi connectivity index (χ0) is 16.4. The molecule has 1 heterocycles. The molecular weight excluding hydrogens is 290 g/mol. The fourth-order valence-corrected chi connectivity index (χ4v) is 2.14. The van der Waals surface area contributed by atoms with Crippen molar-refractivity contribution in [2.24, 2.45) is 0 Å². The second kappa shape index (κ2) is 10.1. The first-order valence-electron chi connectivity index (χ1n) is 7.51. The maximum atomic E-state index is 11.9. The van der Waals surface area contributed by atoms with Gasteiger partial charge in [0.05, 0.1) is 26.2 Å². The van der Waals surface area contributed by atoms with E-state index in [0.717, 1.165) is 6.42 Å². The van der Waals surface area contributed by atoms with Gasteiger partial charge in [0, 0.05) is 26.7 Å². The average molecular weight is 315 g/mol. The van der Waals surface area contributed by atoms with Gasteiger partial charge in [-0.15, -0.1) is 0 Å². The van der Waals surface area contributed by atoms with Gasteiger partial charge in [-0.2, -0.15) is 0 Å². The number of hydrogen-bond donors (Lipinski definition) is 2. The SMILES string of the molecule is CCCOC(=O)CC1C(=O)NCCN1CC(=O)NCCOC. The maximum absolute atomic E-state index is 11.9. The lowest BCUT2D eigenvalue weighted by Gasteiger charge is -2.33. The van der Waals surface area contributed by atoms with Gasteiger partial charge in [-0.05, 0) is 6.42 Å². The first kappa shape index (κ1) is 18.4. The molecule has 0 aromatic carbocycles. The normalized spacial score (nSPS) is 18.6. The molecule has 1 aliphatic heterocycles. The van der Waals surface area contributed by atoms with Gasteiger partial charge in [0.15, 0.2) is 0 Å². The molecule has 1 aliphatic rings. The summed E-state index contributed by atoms with van der Waals surface area (Å²) in [5, 5.41) is 5.41. The molecule has 0 saturated carbocycles. The maximum Gasteiger partial charge on any atom is 0.307 e. The van der Waals surface area contributed by atoms with Gasteiger partial charge in [-0.1, -0.05) is 6.92 Å². The minimum Gasteiger partial charge on any atom is -0.466 e. The minimum absolute atomic E-state index is 0.0445. The molecule has 0 spiro atoms. The Morgan fingerprint density at radius 3 is 2.86 bits per heavy atom. The Morgan fingerprint density at radius 1 is 1.41 bits per heavy atom. The summed E-state index contributed by atoms with van der Waals surface area (Å²) in [5.41, 5.74) is 0. The summed E-state index contributed by atoms with van der Waals surface area (Å²) in [4.78, 5) is 37.2. The Morgan fingerprint density at radius 2 is 2.18 bits per heavy atom. The van der Waals surface area contributed by atoms with Crippen molar-refractivity contribution in [2.75, 3.05) is 46.5 Å². The number of ether oxygens (including phenoxy) is 2. The molecule has 126 valence electrons. The van der Waals surface area contributed by atoms with Crippen LogP contribution >= 0.6 is 0 Å². The molecule has 1 rings (SSSR count). The van der Waals surface area contributed by atoms with E-state index in [1.54, 1.807) is 12.0 Å². The van der Waals surface area contributed by atoms with Crippen molar-refractivity contribution in [3.8, 4) is 0 Å². The molecule has 0 aromatic rings. The molecule has 8 heteroatoms. The summed E-state index contributed by atoms with van der Waals surface area (Å²) >= 11 is 0. The van der Waals surface area contributed by atoms with Crippen molar-refractivity contribution >= 4 is 17.8 Å². The Hall–Kier alpha value is -1.67. The predicted octanol–water partition coefficient (Wildman–Crippen LogP) is -1.11. The Kier molecular flexibility index (Phi) is 8.46. The highest BCUT2D eigenvalue weighted by Crippen LogP contribution is 2.09. The number of methoxy groups -OCH3 is 1. The number of hydrogen-bond acceptors (Lipinski definition) is 6. The summed E-state index contributed by atoms with van der Waals surface area (Å²) in [6.07, 6.45) is 0.686. The molecule has 1 fully saturated rings. The summed E-state index contributed by atoms with van der Waals surface area (Å²) in [6.45, 7) is 4.14. The van der Waals surface area contributed by atoms with E-state index in [4.69, 9.17) is 9.47 Å². The van der Waals surface area contributed by atoms with Gasteiger partial charge >= 0.3 is 5.97 Å². The van der Waals surface area contributed by atoms with E-state index in [0.29, 0.717) is 32.8 Å². The van der Waals surface area contributed by atoms with Crippen LogP contribution in [0.1, 0.15) is 19.8 Å². The van der Waals surface area contributed by atoms with Gasteiger partial charge in [-0.25, -0.2) is 0 Å². The van der Waals surface area contributed by atoms with E-state index in [1.165, 1.54) is 0 Å². The lowest BCUT2D eigenvalue weighted by atomic mass is 10.1. The smallest absolute Gasteiger partial charge is 0.307 e. The highest BCUT2D eigenvalue weighted by atomic mass is 16.5. The van der Waals surface area contributed by atoms with Gasteiger partial charge < -0.3 is 20.1 Å². The second-order valence-electron chi connectivity index (χ2n) is 5.04. The van der Waals surface area contributed by atoms with E-state index >= 15 is 0 Å². The molecule has 8 nitrogen and oxygen atoms in total. The summed E-state index contributed by atoms with van der Waals surface area (Å²) < 4.78 is 9.87. The lowest BCUT2D eigenvalue weighted by molar-refractivity contribution is -0.149. The standard InChI is InChI=1S/C14H25N3O5/c1-3-7-22-13(19)9-11-14(20)16-4-6-17(11)10-12(18)15-5-8-21-2/h11H,3-10H2,1-2H3,(H,15,18)(H,16,20). The predicted molar refractivity (Wildman–Crippen MR) is 79.1 cm³/mol. The molecule has 2 N–H and O–H groups in total. The molecular formula is C14H25N3O5. The number of piperazine rings is 1. The van der Waals surface area contributed by atoms with Crippen molar-refractivity contribution in [1.29, 1.82) is 0 Å². The van der Waals surface area contributed by atoms with Crippen LogP contribution in [0.5, 0.6) is 0 Å². The largest absolute Gasteiger partial charge is 0.466 e. The fourth-order valence-electron chi connectivity index (χ4n) is 2.14. The number of rotatable bonds is 9. The third-order valence-corrected chi connectivity index (χ3v) is 3.24. The fraction of sp³-hybridized carbons (Fsp3) is 0.786. The Labute approximate surface area is 130 Å². The Balaban J connectivity index is 2.51. The third-order valence-electron chi connectivity index (χ3n) is 3.24. The van der Waals surface area contributed by atoms with Gasteiger partial charge in [0.2, 0.25) is 11.8 Å². The van der Waals surface area contributed by atoms with Crippen LogP contribution in [0.2, 0.25) is 0 Å². The monoisotopic (exact) mass is 315 g/mol. The number of carbonyl (C=O) groups is 3. The van der Waals surface area contributed by atoms with Crippen molar-refractivity contribution in [2.45, 2.75) is 25.8 Å². The van der Waals surface area contributed by atoms with Crippen LogP contribution in [-0.4, -0.2) is 75.2 Å². The number of nitrogens with zero attached hydrogens (tertiary/aromatic N) is 1. The summed E-state index contributed by atoms with van der Waals surface area (Å²) in [6, 6.07) is -0.661. The average Bonchev–Trinajstić information content (AvgIpc) is 2.49. The van der Waals surface area contributed by atoms with Gasteiger partial charge in [0.25, 0.3) is 0 Å². The molecule has 1 atom stereocenters. The van der Waals surface area contributed by atoms with Crippen molar-refractivity contribution in [1.82, 2.24) is 15.5 Å². The third kappa shape index (κ3) is 6.40. The summed E-state index contributed by atoms with van der Waals surface area (Å²) in [5.74, 6) is -0.864. The molecule has 0 bridgehead atoms. The number of esters is 1. The van der Waals surface area contributed by atoms with E-state index < -0.39 is 12.0 Å². The molecule has 0 aliphatic carbocycles. The van der Waals surface area contributed by atoms with Gasteiger partial charge in [0.1, 0.15) is 6.04 Å². The number of amides is 2. The van der Waals surface area contributed by atoms with Crippen LogP contribution in [0.15, 0.2) is 0 Å². The lowest BCUT2D eigenvalue weighted by Crippen LogP contribution is -2.58. The van der Waals surface area contributed by atoms with E-state index in [1.807, 2.05) is 6.92 Å². The van der Waals surface area contributed by atoms with Crippen LogP contribution in [0, 0.1) is 0 Å². The molecule has 0 aromatic heterocycles. The minimum atomic E-state index is -0.661. The van der Waals surface area contributed by atoms with E-state index in [9.17, 15) is 14.4 Å². The zero-order valence-electron chi connectivity index (χ0n) is 13.2. The van der Waals surface area contributed by atoms with Crippen molar-refractivity contribution in [3.05, 3.63) is 0 Å². The van der Waals surface area contributed by atoms with Crippen LogP contribution in [0.4, 0.5) is 0 Å². The van der Waals surface area contributed by atoms with Crippen molar-refractivity contribution < 1.29 is 23.9 Å². The van der Waals surface area contributed by atoms with E-state index in [-0.39, 0.29) is 24.8 Å². The highest BCUT2D eigenvalue weighted by molar-refractivity contribution is 5.88. The zero-order valence-corrected chi connectivity index (χ0v) is 13.2. The summed E-state index contributed by atoms with van der Waals surface area (Å²) in [7, 11) is 1.55. The quantitative estimate of drug-likeness (QED) is 0.414. The molecule has 22 heavy (non-hydrogen) atoms. The van der Waals surface area contributed by atoms with Crippen LogP contribution < -0.4 is 10.6 Å². The molecule has 1 unspecified atom stereocenters.